The first-order chi connectivity index (χ1) is 17.3. The van der Waals surface area contributed by atoms with Gasteiger partial charge in [-0.3, -0.25) is 19.2 Å². The van der Waals surface area contributed by atoms with Gasteiger partial charge < -0.3 is 4.74 Å². The van der Waals surface area contributed by atoms with E-state index in [1.54, 1.807) is 30.3 Å². The van der Waals surface area contributed by atoms with Crippen LogP contribution < -0.4 is 4.74 Å². The van der Waals surface area contributed by atoms with Crippen LogP contribution in [0.2, 0.25) is 5.02 Å². The van der Waals surface area contributed by atoms with Gasteiger partial charge in [-0.1, -0.05) is 29.8 Å². The molecule has 3 aromatic carbocycles. The standard InChI is InChI=1S/C27H21ClN2O6/c28-21-13-9-19(10-14-21)26(34)29(30-24(32)7-4-8-25(30)33)17-23(31)18-11-15-22(16-12-18)36-27(35)20-5-2-1-3-6-20/h1-3,5-6,9-16H,4,7-8,17H2. The van der Waals surface area contributed by atoms with Gasteiger partial charge in [-0.25, -0.2) is 9.80 Å². The second-order valence-corrected chi connectivity index (χ2v) is 8.46. The van der Waals surface area contributed by atoms with E-state index < -0.39 is 36.0 Å². The molecule has 0 N–H and O–H groups in total. The lowest BCUT2D eigenvalue weighted by Crippen LogP contribution is -2.56. The third-order valence-corrected chi connectivity index (χ3v) is 5.76. The molecule has 0 bridgehead atoms. The maximum Gasteiger partial charge on any atom is 0.343 e. The number of hydrogen-bond acceptors (Lipinski definition) is 6. The van der Waals surface area contributed by atoms with Gasteiger partial charge in [0.25, 0.3) is 5.91 Å². The summed E-state index contributed by atoms with van der Waals surface area (Å²) in [6, 6.07) is 20.2. The molecule has 36 heavy (non-hydrogen) atoms. The molecule has 8 nitrogen and oxygen atoms in total. The molecule has 4 rings (SSSR count). The molecule has 0 spiro atoms. The number of hydrogen-bond donors (Lipinski definition) is 0. The molecule has 3 amide bonds. The summed E-state index contributed by atoms with van der Waals surface area (Å²) in [5, 5.41) is 2.04. The molecule has 9 heteroatoms. The number of esters is 1. The number of halogens is 1. The van der Waals surface area contributed by atoms with Crippen molar-refractivity contribution in [2.45, 2.75) is 19.3 Å². The number of ketones is 1. The van der Waals surface area contributed by atoms with Gasteiger partial charge >= 0.3 is 5.97 Å². The lowest BCUT2D eigenvalue weighted by atomic mass is 10.1. The molecule has 182 valence electrons. The monoisotopic (exact) mass is 504 g/mol. The zero-order valence-corrected chi connectivity index (χ0v) is 19.8. The average molecular weight is 505 g/mol. The number of imide groups is 1. The van der Waals surface area contributed by atoms with Crippen LogP contribution in [0.15, 0.2) is 78.9 Å². The van der Waals surface area contributed by atoms with E-state index in [9.17, 15) is 24.0 Å². The Morgan fingerprint density at radius 3 is 1.97 bits per heavy atom. The second-order valence-electron chi connectivity index (χ2n) is 8.03. The lowest BCUT2D eigenvalue weighted by molar-refractivity contribution is -0.162. The molecule has 0 aliphatic carbocycles. The van der Waals surface area contributed by atoms with E-state index >= 15 is 0 Å². The zero-order chi connectivity index (χ0) is 25.7. The fourth-order valence-corrected chi connectivity index (χ4v) is 3.79. The number of benzene rings is 3. The number of piperidine rings is 1. The van der Waals surface area contributed by atoms with E-state index in [4.69, 9.17) is 16.3 Å². The molecule has 0 unspecified atom stereocenters. The van der Waals surface area contributed by atoms with Crippen molar-refractivity contribution in [3.8, 4) is 5.75 Å². The van der Waals surface area contributed by atoms with Crippen LogP contribution in [-0.2, 0) is 9.59 Å². The average Bonchev–Trinajstić information content (AvgIpc) is 2.89. The van der Waals surface area contributed by atoms with Crippen molar-refractivity contribution in [1.29, 1.82) is 0 Å². The summed E-state index contributed by atoms with van der Waals surface area (Å²) in [7, 11) is 0. The number of Topliss-reactive ketones (excluding diaryl/α,β-unsaturated/α-hetero) is 1. The first kappa shape index (κ1) is 24.8. The van der Waals surface area contributed by atoms with Gasteiger partial charge in [0.2, 0.25) is 11.8 Å². The van der Waals surface area contributed by atoms with Crippen molar-refractivity contribution in [3.63, 3.8) is 0 Å². The summed E-state index contributed by atoms with van der Waals surface area (Å²) in [6.45, 7) is -0.540. The highest BCUT2D eigenvalue weighted by Gasteiger charge is 2.36. The third-order valence-electron chi connectivity index (χ3n) is 5.51. The minimum Gasteiger partial charge on any atom is -0.423 e. The van der Waals surface area contributed by atoms with Gasteiger partial charge in [0.05, 0.1) is 5.56 Å². The van der Waals surface area contributed by atoms with Crippen molar-refractivity contribution in [3.05, 3.63) is 101 Å². The van der Waals surface area contributed by atoms with E-state index in [0.717, 1.165) is 10.0 Å². The second kappa shape index (κ2) is 11.0. The molecule has 3 aromatic rings. The Hall–Kier alpha value is -4.30. The Labute approximate surface area is 212 Å². The normalized spacial score (nSPS) is 13.3. The molecule has 0 radical (unpaired) electrons. The van der Waals surface area contributed by atoms with E-state index in [-0.39, 0.29) is 29.7 Å². The highest BCUT2D eigenvalue weighted by Crippen LogP contribution is 2.20. The van der Waals surface area contributed by atoms with Gasteiger partial charge in [-0.05, 0) is 67.1 Å². The van der Waals surface area contributed by atoms with Gasteiger partial charge in [-0.15, -0.1) is 0 Å². The van der Waals surface area contributed by atoms with Crippen molar-refractivity contribution in [2.75, 3.05) is 6.54 Å². The smallest absolute Gasteiger partial charge is 0.343 e. The topological polar surface area (TPSA) is 101 Å². The fourth-order valence-electron chi connectivity index (χ4n) is 3.66. The van der Waals surface area contributed by atoms with Crippen LogP contribution in [0.25, 0.3) is 0 Å². The molecule has 1 aliphatic rings. The van der Waals surface area contributed by atoms with E-state index in [0.29, 0.717) is 17.0 Å². The summed E-state index contributed by atoms with van der Waals surface area (Å²) in [5.41, 5.74) is 0.756. The molecular formula is C27H21ClN2O6. The quantitative estimate of drug-likeness (QED) is 0.205. The number of rotatable bonds is 7. The molecule has 0 atom stereocenters. The van der Waals surface area contributed by atoms with Crippen molar-refractivity contribution in [1.82, 2.24) is 10.0 Å². The SMILES string of the molecule is O=C(CN(C(=O)c1ccc(Cl)cc1)N1C(=O)CCCC1=O)c1ccc(OC(=O)c2ccccc2)cc1. The zero-order valence-electron chi connectivity index (χ0n) is 19.1. The van der Waals surface area contributed by atoms with Gasteiger partial charge in [-0.2, -0.15) is 5.01 Å². The van der Waals surface area contributed by atoms with Crippen LogP contribution in [0.3, 0.4) is 0 Å². The van der Waals surface area contributed by atoms with Crippen LogP contribution >= 0.6 is 11.6 Å². The third kappa shape index (κ3) is 5.67. The van der Waals surface area contributed by atoms with Crippen LogP contribution in [0.5, 0.6) is 5.75 Å². The molecule has 0 saturated carbocycles. The highest BCUT2D eigenvalue weighted by atomic mass is 35.5. The summed E-state index contributed by atoms with van der Waals surface area (Å²) < 4.78 is 5.32. The van der Waals surface area contributed by atoms with E-state index in [1.807, 2.05) is 0 Å². The van der Waals surface area contributed by atoms with Gasteiger partial charge in [0.1, 0.15) is 12.3 Å². The fraction of sp³-hybridized carbons (Fsp3) is 0.148. The number of carbonyl (C=O) groups excluding carboxylic acids is 5. The van der Waals surface area contributed by atoms with Crippen molar-refractivity contribution < 1.29 is 28.7 Å². The Morgan fingerprint density at radius 2 is 1.36 bits per heavy atom. The summed E-state index contributed by atoms with van der Waals surface area (Å²) in [4.78, 5) is 63.7. The summed E-state index contributed by atoms with van der Waals surface area (Å²) in [5.74, 6) is -2.61. The molecule has 0 aromatic heterocycles. The number of ether oxygens (including phenoxy) is 1. The van der Waals surface area contributed by atoms with E-state index in [2.05, 4.69) is 0 Å². The summed E-state index contributed by atoms with van der Waals surface area (Å²) >= 11 is 5.91. The minimum absolute atomic E-state index is 0.0891. The Balaban J connectivity index is 1.53. The van der Waals surface area contributed by atoms with E-state index in [1.165, 1.54) is 48.5 Å². The number of nitrogens with zero attached hydrogens (tertiary/aromatic N) is 2. The predicted molar refractivity (Wildman–Crippen MR) is 130 cm³/mol. The van der Waals surface area contributed by atoms with Crippen molar-refractivity contribution in [2.24, 2.45) is 0 Å². The Kier molecular flexibility index (Phi) is 7.56. The molecule has 1 saturated heterocycles. The Bertz CT molecular complexity index is 1290. The van der Waals surface area contributed by atoms with Gasteiger partial charge in [0, 0.05) is 29.0 Å². The van der Waals surface area contributed by atoms with Gasteiger partial charge in [0.15, 0.2) is 5.78 Å². The lowest BCUT2D eigenvalue weighted by Gasteiger charge is -2.35. The predicted octanol–water partition coefficient (Wildman–Crippen LogP) is 4.34. The largest absolute Gasteiger partial charge is 0.423 e. The highest BCUT2D eigenvalue weighted by molar-refractivity contribution is 6.30. The van der Waals surface area contributed by atoms with Crippen LogP contribution in [0.1, 0.15) is 50.3 Å². The molecule has 1 fully saturated rings. The number of amides is 3. The molecule has 1 heterocycles. The molecular weight excluding hydrogens is 484 g/mol. The van der Waals surface area contributed by atoms with Crippen molar-refractivity contribution >= 4 is 41.1 Å². The maximum atomic E-state index is 13.3. The van der Waals surface area contributed by atoms with Crippen LogP contribution in [0.4, 0.5) is 0 Å². The molecule has 1 aliphatic heterocycles. The first-order valence-electron chi connectivity index (χ1n) is 11.2. The Morgan fingerprint density at radius 1 is 0.778 bits per heavy atom. The van der Waals surface area contributed by atoms with Crippen LogP contribution in [-0.4, -0.2) is 46.0 Å². The summed E-state index contributed by atoms with van der Waals surface area (Å²) in [6.07, 6.45) is 0.561. The van der Waals surface area contributed by atoms with Crippen LogP contribution in [0, 0.1) is 0 Å². The maximum absolute atomic E-state index is 13.3. The first-order valence-corrected chi connectivity index (χ1v) is 11.5. The minimum atomic E-state index is -0.683. The number of carbonyl (C=O) groups is 5. The number of hydrazine groups is 1.